The van der Waals surface area contributed by atoms with E-state index in [4.69, 9.17) is 21.1 Å². The van der Waals surface area contributed by atoms with E-state index >= 15 is 0 Å². The second-order valence-electron chi connectivity index (χ2n) is 6.62. The monoisotopic (exact) mass is 489 g/mol. The fourth-order valence-electron chi connectivity index (χ4n) is 2.77. The molecule has 172 valence electrons. The molecule has 0 aliphatic carbocycles. The van der Waals surface area contributed by atoms with E-state index < -0.39 is 21.8 Å². The fraction of sp³-hybridized carbons (Fsp3) is 0.0909. The summed E-state index contributed by atoms with van der Waals surface area (Å²) in [6.07, 6.45) is 0. The number of hydrogen-bond donors (Lipinski definition) is 3. The van der Waals surface area contributed by atoms with Gasteiger partial charge in [-0.15, -0.1) is 0 Å². The molecule has 0 unspecified atom stereocenters. The number of rotatable bonds is 7. The summed E-state index contributed by atoms with van der Waals surface area (Å²) >= 11 is 5.81. The van der Waals surface area contributed by atoms with E-state index in [1.807, 2.05) is 0 Å². The Balaban J connectivity index is 1.69. The number of benzene rings is 3. The highest BCUT2D eigenvalue weighted by atomic mass is 35.5. The maximum Gasteiger partial charge on any atom is 0.269 e. The van der Waals surface area contributed by atoms with Crippen molar-refractivity contribution in [2.45, 2.75) is 4.90 Å². The first-order chi connectivity index (χ1) is 15.7. The molecule has 0 aliphatic rings. The molecule has 3 rings (SSSR count). The second-order valence-corrected chi connectivity index (χ2v) is 8.74. The van der Waals surface area contributed by atoms with Gasteiger partial charge < -0.3 is 9.47 Å². The number of ether oxygens (including phenoxy) is 2. The van der Waals surface area contributed by atoms with Crippen LogP contribution in [-0.4, -0.2) is 34.5 Å². The summed E-state index contributed by atoms with van der Waals surface area (Å²) in [5, 5.41) is 0.465. The van der Waals surface area contributed by atoms with Gasteiger partial charge in [-0.1, -0.05) is 17.7 Å². The largest absolute Gasteiger partial charge is 0.493 e. The standard InChI is InChI=1S/C22H20ClN3O6S/c1-31-19-11-6-15(13-20(19)32-2)22(28)25-24-21(27)14-4-3-5-18(12-14)33(29,30)26-17-9-7-16(23)8-10-17/h3-13,26H,1-2H3,(H,24,27)(H,25,28). The normalized spacial score (nSPS) is 10.8. The summed E-state index contributed by atoms with van der Waals surface area (Å²) in [6, 6.07) is 16.0. The number of anilines is 1. The number of methoxy groups -OCH3 is 2. The van der Waals surface area contributed by atoms with Crippen molar-refractivity contribution in [2.75, 3.05) is 18.9 Å². The minimum absolute atomic E-state index is 0.0293. The van der Waals surface area contributed by atoms with Crippen molar-refractivity contribution in [1.82, 2.24) is 10.9 Å². The lowest BCUT2D eigenvalue weighted by molar-refractivity contribution is 0.0846. The molecule has 9 nitrogen and oxygen atoms in total. The van der Waals surface area contributed by atoms with Crippen molar-refractivity contribution >= 4 is 39.1 Å². The third-order valence-corrected chi connectivity index (χ3v) is 6.07. The molecule has 0 saturated carbocycles. The number of halogens is 1. The van der Waals surface area contributed by atoms with Gasteiger partial charge in [0.15, 0.2) is 11.5 Å². The first-order valence-corrected chi connectivity index (χ1v) is 11.3. The van der Waals surface area contributed by atoms with Crippen LogP contribution in [0.15, 0.2) is 71.6 Å². The zero-order valence-electron chi connectivity index (χ0n) is 17.6. The third kappa shape index (κ3) is 5.93. The van der Waals surface area contributed by atoms with Crippen LogP contribution in [0, 0.1) is 0 Å². The van der Waals surface area contributed by atoms with E-state index in [1.165, 1.54) is 62.8 Å². The predicted molar refractivity (Wildman–Crippen MR) is 123 cm³/mol. The van der Waals surface area contributed by atoms with Gasteiger partial charge in [0.1, 0.15) is 0 Å². The molecule has 0 saturated heterocycles. The van der Waals surface area contributed by atoms with E-state index in [0.29, 0.717) is 22.2 Å². The Morgan fingerprint density at radius 2 is 1.39 bits per heavy atom. The Morgan fingerprint density at radius 1 is 0.788 bits per heavy atom. The molecule has 2 amide bonds. The molecular weight excluding hydrogens is 470 g/mol. The molecule has 0 spiro atoms. The Kier molecular flexibility index (Phi) is 7.41. The van der Waals surface area contributed by atoms with Crippen LogP contribution in [0.2, 0.25) is 5.02 Å². The Bertz CT molecular complexity index is 1280. The molecule has 33 heavy (non-hydrogen) atoms. The van der Waals surface area contributed by atoms with Crippen molar-refractivity contribution in [1.29, 1.82) is 0 Å². The molecule has 0 aliphatic heterocycles. The summed E-state index contributed by atoms with van der Waals surface area (Å²) in [5.74, 6) is -0.504. The van der Waals surface area contributed by atoms with Crippen molar-refractivity contribution < 1.29 is 27.5 Å². The smallest absolute Gasteiger partial charge is 0.269 e. The summed E-state index contributed by atoms with van der Waals surface area (Å²) in [6.45, 7) is 0. The van der Waals surface area contributed by atoms with Crippen LogP contribution >= 0.6 is 11.6 Å². The average molecular weight is 490 g/mol. The maximum absolute atomic E-state index is 12.7. The second kappa shape index (κ2) is 10.2. The van der Waals surface area contributed by atoms with Gasteiger partial charge in [0.25, 0.3) is 21.8 Å². The Labute approximate surface area is 195 Å². The van der Waals surface area contributed by atoms with Crippen LogP contribution in [0.25, 0.3) is 0 Å². The summed E-state index contributed by atoms with van der Waals surface area (Å²) < 4.78 is 38.0. The van der Waals surface area contributed by atoms with E-state index in [0.717, 1.165) is 0 Å². The van der Waals surface area contributed by atoms with Crippen LogP contribution in [0.1, 0.15) is 20.7 Å². The minimum Gasteiger partial charge on any atom is -0.493 e. The van der Waals surface area contributed by atoms with Gasteiger partial charge in [0, 0.05) is 21.8 Å². The van der Waals surface area contributed by atoms with Crippen LogP contribution in [0.3, 0.4) is 0 Å². The van der Waals surface area contributed by atoms with Crippen molar-refractivity contribution in [3.63, 3.8) is 0 Å². The maximum atomic E-state index is 12.7. The molecule has 0 radical (unpaired) electrons. The van der Waals surface area contributed by atoms with Gasteiger partial charge >= 0.3 is 0 Å². The number of carbonyl (C=O) groups is 2. The topological polar surface area (TPSA) is 123 Å². The lowest BCUT2D eigenvalue weighted by atomic mass is 10.2. The van der Waals surface area contributed by atoms with E-state index in [9.17, 15) is 18.0 Å². The number of carbonyl (C=O) groups excluding carboxylic acids is 2. The highest BCUT2D eigenvalue weighted by Crippen LogP contribution is 2.27. The van der Waals surface area contributed by atoms with Crippen LogP contribution in [-0.2, 0) is 10.0 Å². The molecule has 11 heteroatoms. The number of sulfonamides is 1. The first-order valence-electron chi connectivity index (χ1n) is 9.44. The van der Waals surface area contributed by atoms with Gasteiger partial charge in [-0.2, -0.15) is 0 Å². The fourth-order valence-corrected chi connectivity index (χ4v) is 4.00. The van der Waals surface area contributed by atoms with Gasteiger partial charge in [-0.25, -0.2) is 8.42 Å². The zero-order valence-corrected chi connectivity index (χ0v) is 19.2. The average Bonchev–Trinajstić information content (AvgIpc) is 2.83. The molecule has 3 aromatic carbocycles. The van der Waals surface area contributed by atoms with Gasteiger partial charge in [0.05, 0.1) is 19.1 Å². The molecule has 0 bridgehead atoms. The summed E-state index contributed by atoms with van der Waals surface area (Å²) in [7, 11) is -1.05. The Morgan fingerprint density at radius 3 is 2.00 bits per heavy atom. The predicted octanol–water partition coefficient (Wildman–Crippen LogP) is 3.23. The van der Waals surface area contributed by atoms with Gasteiger partial charge in [-0.3, -0.25) is 25.2 Å². The highest BCUT2D eigenvalue weighted by Gasteiger charge is 2.17. The van der Waals surface area contributed by atoms with E-state index in [-0.39, 0.29) is 16.0 Å². The molecule has 3 aromatic rings. The third-order valence-electron chi connectivity index (χ3n) is 4.44. The van der Waals surface area contributed by atoms with Gasteiger partial charge in [-0.05, 0) is 60.7 Å². The number of amides is 2. The van der Waals surface area contributed by atoms with E-state index in [2.05, 4.69) is 15.6 Å². The van der Waals surface area contributed by atoms with Crippen molar-refractivity contribution in [2.24, 2.45) is 0 Å². The molecule has 0 fully saturated rings. The quantitative estimate of drug-likeness (QED) is 0.438. The molecular formula is C22H20ClN3O6S. The molecule has 0 aromatic heterocycles. The highest BCUT2D eigenvalue weighted by molar-refractivity contribution is 7.92. The zero-order chi connectivity index (χ0) is 24.0. The number of hydrogen-bond acceptors (Lipinski definition) is 6. The van der Waals surface area contributed by atoms with E-state index in [1.54, 1.807) is 18.2 Å². The minimum atomic E-state index is -3.96. The number of hydrazine groups is 1. The first kappa shape index (κ1) is 23.9. The SMILES string of the molecule is COc1ccc(C(=O)NNC(=O)c2cccc(S(=O)(=O)Nc3ccc(Cl)cc3)c2)cc1OC. The summed E-state index contributed by atoms with van der Waals surface area (Å²) in [4.78, 5) is 24.7. The molecule has 0 heterocycles. The lowest BCUT2D eigenvalue weighted by Gasteiger charge is -2.12. The van der Waals surface area contributed by atoms with Crippen molar-refractivity contribution in [3.8, 4) is 11.5 Å². The van der Waals surface area contributed by atoms with Crippen LogP contribution in [0.4, 0.5) is 5.69 Å². The number of nitrogens with one attached hydrogen (secondary N) is 3. The lowest BCUT2D eigenvalue weighted by Crippen LogP contribution is -2.41. The Hall–Kier alpha value is -3.76. The van der Waals surface area contributed by atoms with Crippen LogP contribution in [0.5, 0.6) is 11.5 Å². The van der Waals surface area contributed by atoms with Crippen LogP contribution < -0.4 is 25.0 Å². The molecule has 0 atom stereocenters. The van der Waals surface area contributed by atoms with Crippen molar-refractivity contribution in [3.05, 3.63) is 82.9 Å². The van der Waals surface area contributed by atoms with Gasteiger partial charge in [0.2, 0.25) is 0 Å². The summed E-state index contributed by atoms with van der Waals surface area (Å²) in [5.41, 5.74) is 5.10. The molecule has 3 N–H and O–H groups in total.